The Morgan fingerprint density at radius 2 is 1.73 bits per heavy atom. The van der Waals surface area contributed by atoms with Gasteiger partial charge in [0.25, 0.3) is 0 Å². The van der Waals surface area contributed by atoms with Crippen LogP contribution in [-0.2, 0) is 9.59 Å². The van der Waals surface area contributed by atoms with Gasteiger partial charge in [0.1, 0.15) is 0 Å². The number of aliphatic carboxylic acids is 2. The van der Waals surface area contributed by atoms with Gasteiger partial charge in [0, 0.05) is 0 Å². The largest absolute Gasteiger partial charge is 0.480 e. The number of carboxylic acids is 2. The minimum Gasteiger partial charge on any atom is -0.480 e. The van der Waals surface area contributed by atoms with Crippen molar-refractivity contribution in [2.75, 3.05) is 0 Å². The van der Waals surface area contributed by atoms with E-state index in [1.807, 2.05) is 0 Å². The lowest BCUT2D eigenvalue weighted by atomic mass is 10.1. The first-order valence-corrected chi connectivity index (χ1v) is 5.21. The van der Waals surface area contributed by atoms with Crippen LogP contribution in [0.4, 0.5) is 0 Å². The van der Waals surface area contributed by atoms with Crippen molar-refractivity contribution in [3.63, 3.8) is 0 Å². The number of unbranched alkanes of at least 4 members (excludes halogenated alkanes) is 4. The third kappa shape index (κ3) is 6.71. The van der Waals surface area contributed by atoms with Gasteiger partial charge in [0.2, 0.25) is 0 Å². The molecule has 4 nitrogen and oxygen atoms in total. The SMILES string of the molecule is CCCCCCC=CC(C(=O)O)C(=O)O. The van der Waals surface area contributed by atoms with Gasteiger partial charge in [-0.25, -0.2) is 0 Å². The summed E-state index contributed by atoms with van der Waals surface area (Å²) < 4.78 is 0. The van der Waals surface area contributed by atoms with E-state index in [2.05, 4.69) is 6.92 Å². The minimum atomic E-state index is -1.41. The first kappa shape index (κ1) is 13.7. The highest BCUT2D eigenvalue weighted by atomic mass is 16.4. The zero-order valence-electron chi connectivity index (χ0n) is 8.98. The summed E-state index contributed by atoms with van der Waals surface area (Å²) in [5, 5.41) is 17.1. The molecule has 0 saturated heterocycles. The van der Waals surface area contributed by atoms with E-state index in [4.69, 9.17) is 10.2 Å². The van der Waals surface area contributed by atoms with Crippen LogP contribution >= 0.6 is 0 Å². The van der Waals surface area contributed by atoms with Gasteiger partial charge < -0.3 is 10.2 Å². The maximum absolute atomic E-state index is 10.5. The Kier molecular flexibility index (Phi) is 7.32. The fourth-order valence-electron chi connectivity index (χ4n) is 1.19. The Balaban J connectivity index is 3.81. The number of carbonyl (C=O) groups is 2. The van der Waals surface area contributed by atoms with Crippen LogP contribution in [0.25, 0.3) is 0 Å². The maximum Gasteiger partial charge on any atom is 0.321 e. The van der Waals surface area contributed by atoms with E-state index in [-0.39, 0.29) is 0 Å². The fourth-order valence-corrected chi connectivity index (χ4v) is 1.19. The Morgan fingerprint density at radius 3 is 2.20 bits per heavy atom. The van der Waals surface area contributed by atoms with Gasteiger partial charge in [-0.15, -0.1) is 0 Å². The van der Waals surface area contributed by atoms with Crippen LogP contribution in [0.1, 0.15) is 39.0 Å². The van der Waals surface area contributed by atoms with Crippen molar-refractivity contribution >= 4 is 11.9 Å². The molecule has 0 unspecified atom stereocenters. The molecule has 2 N–H and O–H groups in total. The van der Waals surface area contributed by atoms with Crippen molar-refractivity contribution in [1.29, 1.82) is 0 Å². The van der Waals surface area contributed by atoms with E-state index < -0.39 is 17.9 Å². The molecule has 0 saturated carbocycles. The average molecular weight is 214 g/mol. The quantitative estimate of drug-likeness (QED) is 0.369. The normalized spacial score (nSPS) is 11.1. The van der Waals surface area contributed by atoms with Crippen LogP contribution in [0.3, 0.4) is 0 Å². The molecule has 0 atom stereocenters. The second-order valence-electron chi connectivity index (χ2n) is 3.43. The van der Waals surface area contributed by atoms with Crippen molar-refractivity contribution in [3.8, 4) is 0 Å². The molecule has 0 spiro atoms. The van der Waals surface area contributed by atoms with Crippen LogP contribution < -0.4 is 0 Å². The van der Waals surface area contributed by atoms with Gasteiger partial charge in [-0.05, 0) is 12.8 Å². The van der Waals surface area contributed by atoms with Crippen molar-refractivity contribution in [3.05, 3.63) is 12.2 Å². The molecule has 4 heteroatoms. The summed E-state index contributed by atoms with van der Waals surface area (Å²) >= 11 is 0. The molecule has 0 radical (unpaired) electrons. The van der Waals surface area contributed by atoms with Gasteiger partial charge in [0.15, 0.2) is 5.92 Å². The molecule has 0 aliphatic carbocycles. The first-order valence-electron chi connectivity index (χ1n) is 5.21. The summed E-state index contributed by atoms with van der Waals surface area (Å²) in [7, 11) is 0. The second-order valence-corrected chi connectivity index (χ2v) is 3.43. The molecule has 0 rings (SSSR count). The van der Waals surface area contributed by atoms with Crippen molar-refractivity contribution in [2.24, 2.45) is 5.92 Å². The van der Waals surface area contributed by atoms with Crippen molar-refractivity contribution in [2.45, 2.75) is 39.0 Å². The Bertz CT molecular complexity index is 219. The molecule has 0 fully saturated rings. The van der Waals surface area contributed by atoms with E-state index in [9.17, 15) is 9.59 Å². The van der Waals surface area contributed by atoms with E-state index in [0.717, 1.165) is 32.1 Å². The smallest absolute Gasteiger partial charge is 0.321 e. The summed E-state index contributed by atoms with van der Waals surface area (Å²) in [5.74, 6) is -4.03. The number of rotatable bonds is 8. The molecule has 0 aromatic carbocycles. The Hall–Kier alpha value is -1.32. The molecule has 0 aromatic heterocycles. The highest BCUT2D eigenvalue weighted by molar-refractivity contribution is 5.94. The summed E-state index contributed by atoms with van der Waals surface area (Å²) in [4.78, 5) is 21.0. The molecular weight excluding hydrogens is 196 g/mol. The summed E-state index contributed by atoms with van der Waals surface area (Å²) in [6.07, 6.45) is 8.03. The van der Waals surface area contributed by atoms with Gasteiger partial charge in [0.05, 0.1) is 0 Å². The molecule has 0 aromatic rings. The number of allylic oxidation sites excluding steroid dienone is 1. The van der Waals surface area contributed by atoms with Gasteiger partial charge in [-0.1, -0.05) is 38.3 Å². The topological polar surface area (TPSA) is 74.6 Å². The predicted molar refractivity (Wildman–Crippen MR) is 56.7 cm³/mol. The molecule has 0 aliphatic heterocycles. The molecule has 86 valence electrons. The monoisotopic (exact) mass is 214 g/mol. The van der Waals surface area contributed by atoms with E-state index in [1.165, 1.54) is 6.08 Å². The lowest BCUT2D eigenvalue weighted by molar-refractivity contribution is -0.151. The molecule has 15 heavy (non-hydrogen) atoms. The summed E-state index contributed by atoms with van der Waals surface area (Å²) in [5.41, 5.74) is 0. The molecule has 0 bridgehead atoms. The summed E-state index contributed by atoms with van der Waals surface area (Å²) in [6, 6.07) is 0. The molecule has 0 aliphatic rings. The lowest BCUT2D eigenvalue weighted by Crippen LogP contribution is -2.20. The molecule has 0 amide bonds. The number of carboxylic acid groups (broad SMARTS) is 2. The zero-order valence-corrected chi connectivity index (χ0v) is 8.98. The summed E-state index contributed by atoms with van der Waals surface area (Å²) in [6.45, 7) is 2.11. The highest BCUT2D eigenvalue weighted by Gasteiger charge is 2.21. The van der Waals surface area contributed by atoms with Crippen LogP contribution in [0.15, 0.2) is 12.2 Å². The van der Waals surface area contributed by atoms with E-state index >= 15 is 0 Å². The third-order valence-corrected chi connectivity index (χ3v) is 2.08. The third-order valence-electron chi connectivity index (χ3n) is 2.08. The number of hydrogen-bond donors (Lipinski definition) is 2. The van der Waals surface area contributed by atoms with Crippen LogP contribution in [0, 0.1) is 5.92 Å². The molecular formula is C11H18O4. The minimum absolute atomic E-state index is 0.747. The fraction of sp³-hybridized carbons (Fsp3) is 0.636. The van der Waals surface area contributed by atoms with Crippen LogP contribution in [0.5, 0.6) is 0 Å². The highest BCUT2D eigenvalue weighted by Crippen LogP contribution is 2.05. The van der Waals surface area contributed by atoms with E-state index in [1.54, 1.807) is 6.08 Å². The van der Waals surface area contributed by atoms with E-state index in [0.29, 0.717) is 0 Å². The Morgan fingerprint density at radius 1 is 1.13 bits per heavy atom. The average Bonchev–Trinajstić information content (AvgIpc) is 2.15. The predicted octanol–water partition coefficient (Wildman–Crippen LogP) is 2.30. The zero-order chi connectivity index (χ0) is 11.7. The second kappa shape index (κ2) is 8.03. The van der Waals surface area contributed by atoms with Crippen LogP contribution in [0.2, 0.25) is 0 Å². The lowest BCUT2D eigenvalue weighted by Gasteiger charge is -2.00. The number of hydrogen-bond acceptors (Lipinski definition) is 2. The van der Waals surface area contributed by atoms with Gasteiger partial charge in [-0.2, -0.15) is 0 Å². The van der Waals surface area contributed by atoms with Crippen molar-refractivity contribution < 1.29 is 19.8 Å². The van der Waals surface area contributed by atoms with Crippen molar-refractivity contribution in [1.82, 2.24) is 0 Å². The van der Waals surface area contributed by atoms with Gasteiger partial charge >= 0.3 is 11.9 Å². The van der Waals surface area contributed by atoms with Gasteiger partial charge in [-0.3, -0.25) is 9.59 Å². The first-order chi connectivity index (χ1) is 7.09. The molecule has 0 heterocycles. The maximum atomic E-state index is 10.5. The Labute approximate surface area is 89.6 Å². The standard InChI is InChI=1S/C11H18O4/c1-2-3-4-5-6-7-8-9(10(12)13)11(14)15/h7-9H,2-6H2,1H3,(H,12,13)(H,14,15). The van der Waals surface area contributed by atoms with Crippen LogP contribution in [-0.4, -0.2) is 22.2 Å².